The van der Waals surface area contributed by atoms with Crippen molar-refractivity contribution >= 4 is 12.4 Å². The van der Waals surface area contributed by atoms with Gasteiger partial charge in [-0.15, -0.1) is 12.4 Å². The lowest BCUT2D eigenvalue weighted by atomic mass is 9.86. The van der Waals surface area contributed by atoms with Crippen molar-refractivity contribution < 1.29 is 4.39 Å². The van der Waals surface area contributed by atoms with Gasteiger partial charge in [-0.3, -0.25) is 0 Å². The fourth-order valence-corrected chi connectivity index (χ4v) is 3.61. The smallest absolute Gasteiger partial charge is 0.123 e. The van der Waals surface area contributed by atoms with Crippen LogP contribution >= 0.6 is 12.4 Å². The minimum atomic E-state index is -0.145. The second kappa shape index (κ2) is 6.42. The summed E-state index contributed by atoms with van der Waals surface area (Å²) >= 11 is 0. The molecule has 0 aliphatic carbocycles. The molecule has 0 bridgehead atoms. The molecule has 0 saturated carbocycles. The Morgan fingerprint density at radius 3 is 2.70 bits per heavy atom. The molecular weight excluding hydrogens is 275 g/mol. The van der Waals surface area contributed by atoms with E-state index < -0.39 is 0 Å². The van der Waals surface area contributed by atoms with Gasteiger partial charge in [-0.2, -0.15) is 0 Å². The molecule has 1 aromatic carbocycles. The Hall–Kier alpha value is -0.640. The molecule has 2 atom stereocenters. The molecule has 0 amide bonds. The first kappa shape index (κ1) is 15.7. The number of rotatable bonds is 3. The van der Waals surface area contributed by atoms with Crippen LogP contribution in [0.2, 0.25) is 0 Å². The number of benzene rings is 1. The van der Waals surface area contributed by atoms with Gasteiger partial charge in [0.05, 0.1) is 0 Å². The second-order valence-corrected chi connectivity index (χ2v) is 6.36. The van der Waals surface area contributed by atoms with E-state index in [1.165, 1.54) is 44.6 Å². The molecule has 4 heteroatoms. The van der Waals surface area contributed by atoms with Crippen LogP contribution in [0.15, 0.2) is 24.3 Å². The van der Waals surface area contributed by atoms with Crippen molar-refractivity contribution in [2.24, 2.45) is 5.41 Å². The van der Waals surface area contributed by atoms with Crippen molar-refractivity contribution in [3.05, 3.63) is 35.6 Å². The van der Waals surface area contributed by atoms with E-state index in [1.807, 2.05) is 12.1 Å². The summed E-state index contributed by atoms with van der Waals surface area (Å²) in [6.07, 6.45) is 2.66. The molecule has 2 saturated heterocycles. The average Bonchev–Trinajstić information content (AvgIpc) is 3.01. The zero-order chi connectivity index (χ0) is 13.3. The molecule has 3 rings (SSSR count). The lowest BCUT2D eigenvalue weighted by Gasteiger charge is -2.25. The zero-order valence-corrected chi connectivity index (χ0v) is 12.9. The molecule has 2 nitrogen and oxygen atoms in total. The van der Waals surface area contributed by atoms with Crippen LogP contribution in [0.4, 0.5) is 4.39 Å². The van der Waals surface area contributed by atoms with Gasteiger partial charge >= 0.3 is 0 Å². The van der Waals surface area contributed by atoms with Crippen LogP contribution in [0.3, 0.4) is 0 Å². The molecule has 2 fully saturated rings. The van der Waals surface area contributed by atoms with Crippen molar-refractivity contribution in [3.8, 4) is 0 Å². The molecule has 2 aliphatic rings. The highest BCUT2D eigenvalue weighted by Gasteiger charge is 2.40. The lowest BCUT2D eigenvalue weighted by Crippen LogP contribution is -2.31. The van der Waals surface area contributed by atoms with E-state index in [1.54, 1.807) is 12.1 Å². The van der Waals surface area contributed by atoms with Crippen LogP contribution in [0.5, 0.6) is 0 Å². The van der Waals surface area contributed by atoms with E-state index in [9.17, 15) is 4.39 Å². The van der Waals surface area contributed by atoms with E-state index in [2.05, 4.69) is 17.1 Å². The largest absolute Gasteiger partial charge is 0.316 e. The molecule has 2 unspecified atom stereocenters. The predicted octanol–water partition coefficient (Wildman–Crippen LogP) is 3.04. The van der Waals surface area contributed by atoms with Gasteiger partial charge in [-0.25, -0.2) is 4.39 Å². The summed E-state index contributed by atoms with van der Waals surface area (Å²) in [5.74, 6) is 0.332. The number of hydrogen-bond donors (Lipinski definition) is 1. The van der Waals surface area contributed by atoms with E-state index in [0.717, 1.165) is 6.54 Å². The predicted molar refractivity (Wildman–Crippen MR) is 83.0 cm³/mol. The van der Waals surface area contributed by atoms with Crippen molar-refractivity contribution in [2.45, 2.75) is 25.7 Å². The Morgan fingerprint density at radius 2 is 2.05 bits per heavy atom. The molecule has 2 aliphatic heterocycles. The van der Waals surface area contributed by atoms with Gasteiger partial charge in [-0.1, -0.05) is 19.1 Å². The Morgan fingerprint density at radius 1 is 1.30 bits per heavy atom. The summed E-state index contributed by atoms with van der Waals surface area (Å²) in [4.78, 5) is 2.58. The van der Waals surface area contributed by atoms with Crippen molar-refractivity contribution in [1.29, 1.82) is 0 Å². The molecule has 112 valence electrons. The summed E-state index contributed by atoms with van der Waals surface area (Å²) in [7, 11) is 0. The first-order valence-electron chi connectivity index (χ1n) is 7.35. The normalized spacial score (nSPS) is 27.7. The van der Waals surface area contributed by atoms with Crippen LogP contribution in [0.25, 0.3) is 0 Å². The topological polar surface area (TPSA) is 15.3 Å². The van der Waals surface area contributed by atoms with Gasteiger partial charge in [0.25, 0.3) is 0 Å². The van der Waals surface area contributed by atoms with Gasteiger partial charge in [0.15, 0.2) is 0 Å². The summed E-state index contributed by atoms with van der Waals surface area (Å²) in [5, 5.41) is 3.50. The summed E-state index contributed by atoms with van der Waals surface area (Å²) in [6, 6.07) is 6.97. The van der Waals surface area contributed by atoms with Gasteiger partial charge in [0.1, 0.15) is 5.82 Å². The molecular formula is C16H24ClFN2. The number of nitrogens with zero attached hydrogens (tertiary/aromatic N) is 1. The highest BCUT2D eigenvalue weighted by Crippen LogP contribution is 2.36. The van der Waals surface area contributed by atoms with Gasteiger partial charge in [0.2, 0.25) is 0 Å². The summed E-state index contributed by atoms with van der Waals surface area (Å²) in [6.45, 7) is 8.15. The first-order valence-corrected chi connectivity index (χ1v) is 7.35. The minimum Gasteiger partial charge on any atom is -0.316 e. The molecule has 2 heterocycles. The quantitative estimate of drug-likeness (QED) is 0.923. The van der Waals surface area contributed by atoms with Gasteiger partial charge in [0, 0.05) is 19.6 Å². The summed E-state index contributed by atoms with van der Waals surface area (Å²) < 4.78 is 12.9. The second-order valence-electron chi connectivity index (χ2n) is 6.36. The summed E-state index contributed by atoms with van der Waals surface area (Å²) in [5.41, 5.74) is 1.79. The van der Waals surface area contributed by atoms with Crippen LogP contribution in [0, 0.1) is 11.2 Å². The highest BCUT2D eigenvalue weighted by atomic mass is 35.5. The van der Waals surface area contributed by atoms with Crippen LogP contribution in [-0.2, 0) is 0 Å². The number of hydrogen-bond acceptors (Lipinski definition) is 2. The van der Waals surface area contributed by atoms with Crippen molar-refractivity contribution in [2.75, 3.05) is 32.7 Å². The van der Waals surface area contributed by atoms with Gasteiger partial charge in [-0.05, 0) is 55.0 Å². The highest BCUT2D eigenvalue weighted by molar-refractivity contribution is 5.85. The molecule has 1 aromatic rings. The van der Waals surface area contributed by atoms with Crippen molar-refractivity contribution in [3.63, 3.8) is 0 Å². The Kier molecular flexibility index (Phi) is 5.05. The Labute approximate surface area is 127 Å². The molecule has 20 heavy (non-hydrogen) atoms. The number of likely N-dealkylation sites (tertiary alicyclic amines) is 1. The fourth-order valence-electron chi connectivity index (χ4n) is 3.61. The lowest BCUT2D eigenvalue weighted by molar-refractivity contribution is 0.265. The number of halogens is 2. The third kappa shape index (κ3) is 3.33. The van der Waals surface area contributed by atoms with Crippen molar-refractivity contribution in [1.82, 2.24) is 10.2 Å². The SMILES string of the molecule is CC(CN1CCC2(CCNC2)C1)c1ccc(F)cc1.Cl. The third-order valence-electron chi connectivity index (χ3n) is 4.82. The van der Waals surface area contributed by atoms with Crippen LogP contribution < -0.4 is 5.32 Å². The molecule has 0 radical (unpaired) electrons. The van der Waals surface area contributed by atoms with Gasteiger partial charge < -0.3 is 10.2 Å². The monoisotopic (exact) mass is 298 g/mol. The maximum Gasteiger partial charge on any atom is 0.123 e. The molecule has 1 N–H and O–H groups in total. The standard InChI is InChI=1S/C16H23FN2.ClH/c1-13(14-2-4-15(17)5-3-14)10-19-9-7-16(12-19)6-8-18-11-16;/h2-5,13,18H,6-12H2,1H3;1H. The average molecular weight is 299 g/mol. The Bertz CT molecular complexity index is 429. The minimum absolute atomic E-state index is 0. The van der Waals surface area contributed by atoms with E-state index in [4.69, 9.17) is 0 Å². The van der Waals surface area contributed by atoms with E-state index in [-0.39, 0.29) is 18.2 Å². The zero-order valence-electron chi connectivity index (χ0n) is 12.1. The van der Waals surface area contributed by atoms with Crippen LogP contribution in [0.1, 0.15) is 31.2 Å². The third-order valence-corrected chi connectivity index (χ3v) is 4.82. The molecule has 1 spiro atoms. The Balaban J connectivity index is 0.00000147. The fraction of sp³-hybridized carbons (Fsp3) is 0.625. The number of nitrogens with one attached hydrogen (secondary N) is 1. The van der Waals surface area contributed by atoms with E-state index in [0.29, 0.717) is 11.3 Å². The van der Waals surface area contributed by atoms with E-state index >= 15 is 0 Å². The van der Waals surface area contributed by atoms with Crippen LogP contribution in [-0.4, -0.2) is 37.6 Å². The first-order chi connectivity index (χ1) is 9.17. The maximum atomic E-state index is 12.9. The maximum absolute atomic E-state index is 12.9. The molecule has 0 aromatic heterocycles.